The van der Waals surface area contributed by atoms with Crippen LogP contribution in [0.15, 0.2) is 65.3 Å². The van der Waals surface area contributed by atoms with E-state index in [2.05, 4.69) is 4.99 Å². The van der Waals surface area contributed by atoms with Crippen LogP contribution in [0.2, 0.25) is 5.02 Å². The Morgan fingerprint density at radius 1 is 1.17 bits per heavy atom. The molecule has 3 aromatic rings. The number of hydrogen-bond acceptors (Lipinski definition) is 7. The quantitative estimate of drug-likeness (QED) is 0.182. The van der Waals surface area contributed by atoms with E-state index in [1.165, 1.54) is 43.5 Å². The number of nitro groups is 1. The second kappa shape index (κ2) is 9.94. The molecule has 178 valence electrons. The monoisotopic (exact) mass is 496 g/mol. The number of aliphatic imine (C=N–C) groups is 1. The Kier molecular flexibility index (Phi) is 6.79. The number of ether oxygens (including phenoxy) is 3. The molecule has 0 aliphatic carbocycles. The Morgan fingerprint density at radius 2 is 1.91 bits per heavy atom. The number of halogens is 2. The van der Waals surface area contributed by atoms with Gasteiger partial charge in [-0.25, -0.2) is 14.2 Å². The summed E-state index contributed by atoms with van der Waals surface area (Å²) >= 11 is 6.41. The highest BCUT2D eigenvalue weighted by Crippen LogP contribution is 2.38. The lowest BCUT2D eigenvalue weighted by Gasteiger charge is -2.13. The van der Waals surface area contributed by atoms with E-state index in [0.717, 1.165) is 5.56 Å². The highest BCUT2D eigenvalue weighted by molar-refractivity contribution is 6.32. The molecule has 3 aromatic carbocycles. The minimum atomic E-state index is -0.678. The number of carbonyl (C=O) groups excluding carboxylic acids is 1. The number of esters is 1. The van der Waals surface area contributed by atoms with Crippen molar-refractivity contribution in [2.24, 2.45) is 4.99 Å². The summed E-state index contributed by atoms with van der Waals surface area (Å²) in [6.07, 6.45) is 1.48. The largest absolute Gasteiger partial charge is 0.493 e. The lowest BCUT2D eigenvalue weighted by molar-refractivity contribution is -0.385. The van der Waals surface area contributed by atoms with Crippen LogP contribution >= 0.6 is 11.6 Å². The maximum absolute atomic E-state index is 13.1. The second-order valence-electron chi connectivity index (χ2n) is 7.54. The van der Waals surface area contributed by atoms with Crippen molar-refractivity contribution in [3.05, 3.63) is 104 Å². The molecule has 0 amide bonds. The van der Waals surface area contributed by atoms with E-state index in [9.17, 15) is 19.3 Å². The Morgan fingerprint density at radius 3 is 2.57 bits per heavy atom. The van der Waals surface area contributed by atoms with Gasteiger partial charge in [0.2, 0.25) is 5.90 Å². The van der Waals surface area contributed by atoms with Gasteiger partial charge in [0.15, 0.2) is 17.2 Å². The number of hydrogen-bond donors (Lipinski definition) is 0. The van der Waals surface area contributed by atoms with Crippen LogP contribution in [0.25, 0.3) is 6.08 Å². The van der Waals surface area contributed by atoms with E-state index >= 15 is 0 Å². The summed E-state index contributed by atoms with van der Waals surface area (Å²) in [5.41, 5.74) is 2.08. The predicted molar refractivity (Wildman–Crippen MR) is 127 cm³/mol. The van der Waals surface area contributed by atoms with Crippen molar-refractivity contribution >= 4 is 35.2 Å². The lowest BCUT2D eigenvalue weighted by atomic mass is 10.1. The van der Waals surface area contributed by atoms with Crippen LogP contribution in [-0.4, -0.2) is 23.9 Å². The summed E-state index contributed by atoms with van der Waals surface area (Å²) in [5.74, 6) is -0.366. The van der Waals surface area contributed by atoms with E-state index < -0.39 is 10.9 Å². The topological polar surface area (TPSA) is 100 Å². The molecule has 0 saturated heterocycles. The van der Waals surface area contributed by atoms with Crippen LogP contribution in [0, 0.1) is 22.9 Å². The van der Waals surface area contributed by atoms with Gasteiger partial charge in [0.05, 0.1) is 17.1 Å². The molecule has 0 bridgehead atoms. The van der Waals surface area contributed by atoms with Crippen LogP contribution in [0.3, 0.4) is 0 Å². The zero-order valence-electron chi connectivity index (χ0n) is 18.6. The highest BCUT2D eigenvalue weighted by Gasteiger charge is 2.25. The van der Waals surface area contributed by atoms with E-state index in [0.29, 0.717) is 28.2 Å². The van der Waals surface area contributed by atoms with Crippen LogP contribution < -0.4 is 9.47 Å². The molecule has 0 fully saturated rings. The fraction of sp³-hybridized carbons (Fsp3) is 0.120. The molecular weight excluding hydrogens is 479 g/mol. The molecule has 0 saturated carbocycles. The molecule has 0 N–H and O–H groups in total. The van der Waals surface area contributed by atoms with Gasteiger partial charge in [-0.1, -0.05) is 23.7 Å². The third-order valence-electron chi connectivity index (χ3n) is 5.11. The van der Waals surface area contributed by atoms with Crippen LogP contribution in [0.4, 0.5) is 10.1 Å². The van der Waals surface area contributed by atoms with Crippen LogP contribution in [0.5, 0.6) is 11.5 Å². The van der Waals surface area contributed by atoms with Crippen molar-refractivity contribution in [1.82, 2.24) is 0 Å². The van der Waals surface area contributed by atoms with Gasteiger partial charge in [-0.3, -0.25) is 10.1 Å². The van der Waals surface area contributed by atoms with Crippen LogP contribution in [-0.2, 0) is 16.1 Å². The number of cyclic esters (lactones) is 1. The fourth-order valence-electron chi connectivity index (χ4n) is 3.38. The van der Waals surface area contributed by atoms with Gasteiger partial charge in [-0.15, -0.1) is 0 Å². The highest BCUT2D eigenvalue weighted by atomic mass is 35.5. The standard InChI is InChI=1S/C25H18ClFN2O6/c1-14-9-17(5-8-21(14)29(31)32)24-28-20(25(30)35-24)11-16-10-19(26)23(22(12-16)33-2)34-13-15-3-6-18(27)7-4-15/h3-12H,13H2,1-2H3/b20-11-. The summed E-state index contributed by atoms with van der Waals surface area (Å²) in [4.78, 5) is 27.2. The van der Waals surface area contributed by atoms with Gasteiger partial charge >= 0.3 is 5.97 Å². The predicted octanol–water partition coefficient (Wildman–Crippen LogP) is 5.63. The summed E-state index contributed by atoms with van der Waals surface area (Å²) in [6, 6.07) is 13.4. The summed E-state index contributed by atoms with van der Waals surface area (Å²) in [6.45, 7) is 1.73. The lowest BCUT2D eigenvalue weighted by Crippen LogP contribution is -2.06. The van der Waals surface area contributed by atoms with Crippen molar-refractivity contribution in [1.29, 1.82) is 0 Å². The van der Waals surface area contributed by atoms with E-state index in [4.69, 9.17) is 25.8 Å². The summed E-state index contributed by atoms with van der Waals surface area (Å²) in [7, 11) is 1.45. The first-order chi connectivity index (χ1) is 16.7. The number of rotatable bonds is 7. The van der Waals surface area contributed by atoms with Gasteiger partial charge in [0.25, 0.3) is 5.69 Å². The van der Waals surface area contributed by atoms with Gasteiger partial charge < -0.3 is 14.2 Å². The minimum absolute atomic E-state index is 0.0223. The molecule has 0 unspecified atom stereocenters. The zero-order chi connectivity index (χ0) is 25.1. The Balaban J connectivity index is 1.58. The summed E-state index contributed by atoms with van der Waals surface area (Å²) < 4.78 is 29.5. The molecule has 4 rings (SSSR count). The van der Waals surface area contributed by atoms with E-state index in [1.54, 1.807) is 31.2 Å². The molecule has 10 heteroatoms. The number of aryl methyl sites for hydroxylation is 1. The maximum atomic E-state index is 13.1. The third-order valence-corrected chi connectivity index (χ3v) is 5.39. The van der Waals surface area contributed by atoms with E-state index in [1.807, 2.05) is 0 Å². The number of carbonyl (C=O) groups is 1. The number of methoxy groups -OCH3 is 1. The maximum Gasteiger partial charge on any atom is 0.363 e. The third kappa shape index (κ3) is 5.30. The molecule has 8 nitrogen and oxygen atoms in total. The molecule has 1 heterocycles. The molecule has 0 atom stereocenters. The van der Waals surface area contributed by atoms with Crippen molar-refractivity contribution in [2.75, 3.05) is 7.11 Å². The number of nitrogens with zero attached hydrogens (tertiary/aromatic N) is 2. The molecule has 0 spiro atoms. The molecular formula is C25H18ClFN2O6. The molecule has 0 aromatic heterocycles. The molecule has 1 aliphatic rings. The molecule has 0 radical (unpaired) electrons. The van der Waals surface area contributed by atoms with Crippen LogP contribution in [0.1, 0.15) is 22.3 Å². The van der Waals surface area contributed by atoms with Gasteiger partial charge in [0.1, 0.15) is 12.4 Å². The SMILES string of the molecule is COc1cc(/C=C2\N=C(c3ccc([N+](=O)[O-])c(C)c3)OC2=O)cc(Cl)c1OCc1ccc(F)cc1. The fourth-order valence-corrected chi connectivity index (χ4v) is 3.66. The Labute approximate surface area is 204 Å². The number of benzene rings is 3. The average molecular weight is 497 g/mol. The first-order valence-electron chi connectivity index (χ1n) is 10.3. The second-order valence-corrected chi connectivity index (χ2v) is 7.95. The molecule has 35 heavy (non-hydrogen) atoms. The zero-order valence-corrected chi connectivity index (χ0v) is 19.3. The Bertz CT molecular complexity index is 1390. The summed E-state index contributed by atoms with van der Waals surface area (Å²) in [5, 5.41) is 11.3. The Hall–Kier alpha value is -4.24. The van der Waals surface area contributed by atoms with Crippen molar-refractivity contribution < 1.29 is 28.3 Å². The minimum Gasteiger partial charge on any atom is -0.493 e. The normalized spacial score (nSPS) is 14.0. The average Bonchev–Trinajstić information content (AvgIpc) is 3.18. The van der Waals surface area contributed by atoms with Crippen molar-refractivity contribution in [2.45, 2.75) is 13.5 Å². The molecule has 1 aliphatic heterocycles. The van der Waals surface area contributed by atoms with Gasteiger partial charge in [-0.05, 0) is 60.5 Å². The van der Waals surface area contributed by atoms with Crippen molar-refractivity contribution in [3.63, 3.8) is 0 Å². The number of nitro benzene ring substituents is 1. The van der Waals surface area contributed by atoms with Gasteiger partial charge in [-0.2, -0.15) is 0 Å². The smallest absolute Gasteiger partial charge is 0.363 e. The van der Waals surface area contributed by atoms with Gasteiger partial charge in [0, 0.05) is 17.2 Å². The van der Waals surface area contributed by atoms with Crippen molar-refractivity contribution in [3.8, 4) is 11.5 Å². The first-order valence-corrected chi connectivity index (χ1v) is 10.7. The first kappa shape index (κ1) is 23.9. The van der Waals surface area contributed by atoms with E-state index in [-0.39, 0.29) is 34.7 Å².